The minimum Gasteiger partial charge on any atom is -0.497 e. The van der Waals surface area contributed by atoms with Gasteiger partial charge >= 0.3 is 0 Å². The Bertz CT molecular complexity index is 1200. The lowest BCUT2D eigenvalue weighted by molar-refractivity contribution is 0.101. The molecule has 150 valence electrons. The molecule has 0 aliphatic carbocycles. The maximum absolute atomic E-state index is 13.0. The Labute approximate surface area is 179 Å². The Kier molecular flexibility index (Phi) is 5.95. The van der Waals surface area contributed by atoms with E-state index in [2.05, 4.69) is 0 Å². The number of hydrogen-bond acceptors (Lipinski definition) is 6. The van der Waals surface area contributed by atoms with Gasteiger partial charge in [-0.1, -0.05) is 60.3 Å². The van der Waals surface area contributed by atoms with E-state index in [4.69, 9.17) is 19.4 Å². The van der Waals surface area contributed by atoms with Crippen molar-refractivity contribution in [3.63, 3.8) is 0 Å². The number of benzene rings is 3. The number of hydrogen-bond donors (Lipinski definition) is 0. The summed E-state index contributed by atoms with van der Waals surface area (Å²) in [4.78, 5) is 22.4. The summed E-state index contributed by atoms with van der Waals surface area (Å²) in [5.74, 6) is 1.95. The zero-order chi connectivity index (χ0) is 20.9. The van der Waals surface area contributed by atoms with Crippen molar-refractivity contribution in [3.8, 4) is 22.9 Å². The first-order valence-corrected chi connectivity index (χ1v) is 10.4. The smallest absolute Gasteiger partial charge is 0.176 e. The molecular weight excluding hydrogens is 396 g/mol. The Hall–Kier alpha value is -3.38. The van der Waals surface area contributed by atoms with Crippen molar-refractivity contribution in [3.05, 3.63) is 78.4 Å². The van der Waals surface area contributed by atoms with Gasteiger partial charge in [0, 0.05) is 10.9 Å². The zero-order valence-electron chi connectivity index (χ0n) is 16.7. The number of methoxy groups -OCH3 is 2. The molecule has 1 aromatic heterocycles. The van der Waals surface area contributed by atoms with Crippen LogP contribution < -0.4 is 9.47 Å². The molecule has 0 radical (unpaired) electrons. The van der Waals surface area contributed by atoms with Gasteiger partial charge in [0.05, 0.1) is 31.1 Å². The van der Waals surface area contributed by atoms with Gasteiger partial charge in [-0.05, 0) is 24.3 Å². The second kappa shape index (κ2) is 8.97. The number of aromatic nitrogens is 2. The van der Waals surface area contributed by atoms with Gasteiger partial charge < -0.3 is 9.47 Å². The molecule has 0 saturated carbocycles. The average molecular weight is 417 g/mol. The van der Waals surface area contributed by atoms with Crippen LogP contribution in [0.5, 0.6) is 11.5 Å². The molecule has 4 aromatic rings. The molecular formula is C24H20N2O3S. The van der Waals surface area contributed by atoms with Crippen LogP contribution in [-0.4, -0.2) is 35.7 Å². The highest BCUT2D eigenvalue weighted by Crippen LogP contribution is 2.31. The number of nitrogens with zero attached hydrogens (tertiary/aromatic N) is 2. The summed E-state index contributed by atoms with van der Waals surface area (Å²) in [6.07, 6.45) is 0. The van der Waals surface area contributed by atoms with Crippen molar-refractivity contribution < 1.29 is 14.3 Å². The summed E-state index contributed by atoms with van der Waals surface area (Å²) in [7, 11) is 3.12. The van der Waals surface area contributed by atoms with Gasteiger partial charge in [0.1, 0.15) is 16.5 Å². The van der Waals surface area contributed by atoms with Crippen LogP contribution in [0, 0.1) is 0 Å². The average Bonchev–Trinajstić information content (AvgIpc) is 2.82. The van der Waals surface area contributed by atoms with E-state index >= 15 is 0 Å². The summed E-state index contributed by atoms with van der Waals surface area (Å²) in [6.45, 7) is 0. The number of ether oxygens (including phenoxy) is 2. The quantitative estimate of drug-likeness (QED) is 0.232. The van der Waals surface area contributed by atoms with Crippen molar-refractivity contribution in [2.75, 3.05) is 20.0 Å². The molecule has 0 saturated heterocycles. The number of rotatable bonds is 7. The number of para-hydroxylation sites is 1. The van der Waals surface area contributed by atoms with Crippen molar-refractivity contribution in [2.24, 2.45) is 0 Å². The molecule has 0 atom stereocenters. The zero-order valence-corrected chi connectivity index (χ0v) is 17.5. The number of carbonyl (C=O) groups is 1. The predicted octanol–water partition coefficient (Wildman–Crippen LogP) is 5.29. The summed E-state index contributed by atoms with van der Waals surface area (Å²) in [5.41, 5.74) is 2.28. The molecule has 6 heteroatoms. The number of thioether (sulfide) groups is 1. The van der Waals surface area contributed by atoms with Crippen molar-refractivity contribution >= 4 is 28.4 Å². The van der Waals surface area contributed by atoms with Gasteiger partial charge in [-0.2, -0.15) is 0 Å². The highest BCUT2D eigenvalue weighted by Gasteiger charge is 2.16. The monoisotopic (exact) mass is 416 g/mol. The highest BCUT2D eigenvalue weighted by molar-refractivity contribution is 8.00. The van der Waals surface area contributed by atoms with E-state index in [1.54, 1.807) is 32.4 Å². The fraction of sp³-hybridized carbons (Fsp3) is 0.125. The van der Waals surface area contributed by atoms with E-state index in [-0.39, 0.29) is 11.5 Å². The SMILES string of the molecule is COc1ccc(OC)c(C(=O)CSc2nc(-c3ccccc3)nc3ccccc23)c1. The van der Waals surface area contributed by atoms with Crippen LogP contribution in [0.1, 0.15) is 10.4 Å². The molecule has 0 aliphatic rings. The minimum absolute atomic E-state index is 0.0558. The molecule has 1 heterocycles. The minimum atomic E-state index is -0.0558. The van der Waals surface area contributed by atoms with E-state index in [9.17, 15) is 4.79 Å². The number of fused-ring (bicyclic) bond motifs is 1. The molecule has 0 amide bonds. The van der Waals surface area contributed by atoms with Gasteiger partial charge in [-0.25, -0.2) is 9.97 Å². The van der Waals surface area contributed by atoms with Crippen molar-refractivity contribution in [1.82, 2.24) is 9.97 Å². The fourth-order valence-corrected chi connectivity index (χ4v) is 4.02. The van der Waals surface area contributed by atoms with E-state index in [0.29, 0.717) is 22.9 Å². The van der Waals surface area contributed by atoms with Gasteiger partial charge in [0.25, 0.3) is 0 Å². The van der Waals surface area contributed by atoms with E-state index in [1.807, 2.05) is 54.6 Å². The first-order chi connectivity index (χ1) is 14.7. The van der Waals surface area contributed by atoms with Gasteiger partial charge in [-0.15, -0.1) is 0 Å². The van der Waals surface area contributed by atoms with Crippen LogP contribution in [0.25, 0.3) is 22.3 Å². The molecule has 0 spiro atoms. The standard InChI is InChI=1S/C24H20N2O3S/c1-28-17-12-13-22(29-2)19(14-17)21(27)15-30-24-18-10-6-7-11-20(18)25-23(26-24)16-8-4-3-5-9-16/h3-14H,15H2,1-2H3. The molecule has 0 aliphatic heterocycles. The maximum Gasteiger partial charge on any atom is 0.176 e. The highest BCUT2D eigenvalue weighted by atomic mass is 32.2. The third-order valence-corrected chi connectivity index (χ3v) is 5.64. The Morgan fingerprint density at radius 2 is 1.67 bits per heavy atom. The Morgan fingerprint density at radius 1 is 0.900 bits per heavy atom. The van der Waals surface area contributed by atoms with Crippen LogP contribution in [0.15, 0.2) is 77.8 Å². The van der Waals surface area contributed by atoms with Crippen molar-refractivity contribution in [1.29, 1.82) is 0 Å². The number of carbonyl (C=O) groups excluding carboxylic acids is 1. The van der Waals surface area contributed by atoms with Crippen LogP contribution in [0.3, 0.4) is 0 Å². The van der Waals surface area contributed by atoms with Crippen LogP contribution in [0.2, 0.25) is 0 Å². The van der Waals surface area contributed by atoms with Gasteiger partial charge in [0.15, 0.2) is 11.6 Å². The molecule has 0 unspecified atom stereocenters. The second-order valence-corrected chi connectivity index (χ2v) is 7.48. The third kappa shape index (κ3) is 4.14. The third-order valence-electron chi connectivity index (χ3n) is 4.65. The summed E-state index contributed by atoms with van der Waals surface area (Å²) in [5, 5.41) is 1.70. The first-order valence-electron chi connectivity index (χ1n) is 9.40. The second-order valence-electron chi connectivity index (χ2n) is 6.51. The lowest BCUT2D eigenvalue weighted by atomic mass is 10.1. The Morgan fingerprint density at radius 3 is 2.43 bits per heavy atom. The van der Waals surface area contributed by atoms with Crippen LogP contribution in [0.4, 0.5) is 0 Å². The van der Waals surface area contributed by atoms with E-state index in [0.717, 1.165) is 21.5 Å². The molecule has 30 heavy (non-hydrogen) atoms. The van der Waals surface area contributed by atoms with Gasteiger partial charge in [0.2, 0.25) is 0 Å². The molecule has 5 nitrogen and oxygen atoms in total. The van der Waals surface area contributed by atoms with E-state index < -0.39 is 0 Å². The topological polar surface area (TPSA) is 61.3 Å². The molecule has 4 rings (SSSR count). The molecule has 0 N–H and O–H groups in total. The molecule has 3 aromatic carbocycles. The predicted molar refractivity (Wildman–Crippen MR) is 120 cm³/mol. The summed E-state index contributed by atoms with van der Waals surface area (Å²) < 4.78 is 10.6. The first kappa shape index (κ1) is 19.9. The maximum atomic E-state index is 13.0. The van der Waals surface area contributed by atoms with E-state index in [1.165, 1.54) is 11.8 Å². The summed E-state index contributed by atoms with van der Waals surface area (Å²) >= 11 is 1.40. The number of ketones is 1. The fourth-order valence-electron chi connectivity index (χ4n) is 3.12. The normalized spacial score (nSPS) is 10.7. The summed E-state index contributed by atoms with van der Waals surface area (Å²) in [6, 6.07) is 22.9. The Balaban J connectivity index is 1.66. The van der Waals surface area contributed by atoms with Gasteiger partial charge in [-0.3, -0.25) is 4.79 Å². The lowest BCUT2D eigenvalue weighted by Gasteiger charge is -2.11. The largest absolute Gasteiger partial charge is 0.497 e. The molecule has 0 bridgehead atoms. The number of Topliss-reactive ketones (excluding diaryl/α,β-unsaturated/α-hetero) is 1. The van der Waals surface area contributed by atoms with Crippen molar-refractivity contribution in [2.45, 2.75) is 5.03 Å². The lowest BCUT2D eigenvalue weighted by Crippen LogP contribution is -2.06. The van der Waals surface area contributed by atoms with Crippen LogP contribution in [-0.2, 0) is 0 Å². The molecule has 0 fully saturated rings. The van der Waals surface area contributed by atoms with Crippen LogP contribution >= 0.6 is 11.8 Å².